The molecule has 0 aromatic carbocycles. The molecule has 3 rings (SSSR count). The largest absolute Gasteiger partial charge is 0.413 e. The lowest BCUT2D eigenvalue weighted by Gasteiger charge is -2.34. The highest BCUT2D eigenvalue weighted by atomic mass is 19.3. The third kappa shape index (κ3) is 4.86. The van der Waals surface area contributed by atoms with Gasteiger partial charge in [0, 0.05) is 43.8 Å². The van der Waals surface area contributed by atoms with E-state index in [1.165, 1.54) is 25.3 Å². The summed E-state index contributed by atoms with van der Waals surface area (Å²) in [6.45, 7) is 1.80. The van der Waals surface area contributed by atoms with Crippen molar-refractivity contribution in [2.45, 2.75) is 45.3 Å². The molecule has 1 fully saturated rings. The average molecular weight is 429 g/mol. The van der Waals surface area contributed by atoms with E-state index in [1.807, 2.05) is 0 Å². The first-order chi connectivity index (χ1) is 13.8. The Bertz CT molecular complexity index is 979. The van der Waals surface area contributed by atoms with Gasteiger partial charge in [0.25, 0.3) is 11.8 Å². The second-order valence-electron chi connectivity index (χ2n) is 7.25. The number of anilines is 1. The predicted octanol–water partition coefficient (Wildman–Crippen LogP) is 2.97. The Kier molecular flexibility index (Phi) is 5.44. The third-order valence-corrected chi connectivity index (χ3v) is 4.51. The maximum absolute atomic E-state index is 13.3. The van der Waals surface area contributed by atoms with E-state index in [0.717, 1.165) is 4.68 Å². The lowest BCUT2D eigenvalue weighted by molar-refractivity contribution is -0.161. The highest BCUT2D eigenvalue weighted by molar-refractivity contribution is 6.05. The lowest BCUT2D eigenvalue weighted by Crippen LogP contribution is -2.38. The molecule has 3 N–H and O–H groups in total. The molecule has 1 aliphatic carbocycles. The minimum Gasteiger partial charge on any atom is -0.413 e. The van der Waals surface area contributed by atoms with E-state index < -0.39 is 35.6 Å². The van der Waals surface area contributed by atoms with Gasteiger partial charge >= 0.3 is 6.11 Å². The van der Waals surface area contributed by atoms with Crippen LogP contribution in [-0.4, -0.2) is 38.6 Å². The van der Waals surface area contributed by atoms with Gasteiger partial charge in [-0.2, -0.15) is 8.78 Å². The number of primary amides is 1. The van der Waals surface area contributed by atoms with Crippen molar-refractivity contribution in [2.75, 3.05) is 5.32 Å². The topological polar surface area (TPSA) is 112 Å². The van der Waals surface area contributed by atoms with Crippen molar-refractivity contribution >= 4 is 17.5 Å². The molecule has 30 heavy (non-hydrogen) atoms. The zero-order chi connectivity index (χ0) is 22.3. The zero-order valence-corrected chi connectivity index (χ0v) is 16.1. The fourth-order valence-electron chi connectivity index (χ4n) is 3.21. The molecule has 2 aromatic rings. The molecular formula is C18H19F4N5O3. The molecule has 0 aliphatic heterocycles. The summed E-state index contributed by atoms with van der Waals surface area (Å²) in [5.41, 5.74) is 5.13. The van der Waals surface area contributed by atoms with Crippen LogP contribution < -0.4 is 15.8 Å². The van der Waals surface area contributed by atoms with E-state index >= 15 is 0 Å². The van der Waals surface area contributed by atoms with Gasteiger partial charge in [0.15, 0.2) is 0 Å². The molecule has 8 nitrogen and oxygen atoms in total. The fourth-order valence-corrected chi connectivity index (χ4v) is 3.21. The summed E-state index contributed by atoms with van der Waals surface area (Å²) >= 11 is 0. The number of nitrogens with two attached hydrogens (primary N) is 1. The number of carbonyl (C=O) groups is 2. The fraction of sp³-hybridized carbons (Fsp3) is 0.444. The Labute approximate surface area is 168 Å². The first-order valence-corrected chi connectivity index (χ1v) is 8.94. The first-order valence-electron chi connectivity index (χ1n) is 8.94. The van der Waals surface area contributed by atoms with E-state index in [2.05, 4.69) is 20.1 Å². The Hall–Kier alpha value is -3.18. The minimum absolute atomic E-state index is 0.0179. The van der Waals surface area contributed by atoms with Crippen LogP contribution in [0.5, 0.6) is 5.88 Å². The summed E-state index contributed by atoms with van der Waals surface area (Å²) in [7, 11) is 0. The quantitative estimate of drug-likeness (QED) is 0.658. The number of amides is 2. The molecule has 2 heterocycles. The number of rotatable bonds is 7. The van der Waals surface area contributed by atoms with Crippen LogP contribution in [-0.2, 0) is 6.54 Å². The number of aromatic nitrogens is 3. The van der Waals surface area contributed by atoms with Crippen molar-refractivity contribution in [1.29, 1.82) is 0 Å². The number of hydrogen-bond donors (Lipinski definition) is 2. The van der Waals surface area contributed by atoms with Crippen molar-refractivity contribution in [1.82, 2.24) is 14.8 Å². The molecule has 0 saturated heterocycles. The zero-order valence-electron chi connectivity index (χ0n) is 16.1. The molecule has 0 atom stereocenters. The summed E-state index contributed by atoms with van der Waals surface area (Å²) in [5, 5.41) is 6.39. The number of ether oxygens (including phenoxy) is 1. The van der Waals surface area contributed by atoms with Crippen molar-refractivity contribution in [2.24, 2.45) is 11.7 Å². The normalized spacial score (nSPS) is 16.1. The van der Waals surface area contributed by atoms with Gasteiger partial charge in [0.1, 0.15) is 11.4 Å². The molecule has 0 radical (unpaired) electrons. The number of pyridine rings is 1. The SMILES string of the molecule is Cc1c(OC(C)(F)F)nn(CC2CC(F)(F)C2)c1C(=O)Nc1ccnc(C(N)=O)c1. The van der Waals surface area contributed by atoms with E-state index in [9.17, 15) is 27.2 Å². The molecule has 1 aliphatic rings. The Morgan fingerprint density at radius 1 is 1.40 bits per heavy atom. The molecule has 2 amide bonds. The van der Waals surface area contributed by atoms with Crippen LogP contribution in [0, 0.1) is 12.8 Å². The summed E-state index contributed by atoms with van der Waals surface area (Å²) in [6.07, 6.45) is -3.08. The van der Waals surface area contributed by atoms with Crippen molar-refractivity contribution in [3.05, 3.63) is 35.3 Å². The Balaban J connectivity index is 1.89. The predicted molar refractivity (Wildman–Crippen MR) is 96.6 cm³/mol. The van der Waals surface area contributed by atoms with Crippen molar-refractivity contribution in [3.63, 3.8) is 0 Å². The minimum atomic E-state index is -3.55. The summed E-state index contributed by atoms with van der Waals surface area (Å²) < 4.78 is 58.6. The highest BCUT2D eigenvalue weighted by Crippen LogP contribution is 2.43. The smallest absolute Gasteiger partial charge is 0.396 e. The van der Waals surface area contributed by atoms with Crippen LogP contribution in [0.4, 0.5) is 23.2 Å². The van der Waals surface area contributed by atoms with Gasteiger partial charge in [-0.15, -0.1) is 5.10 Å². The van der Waals surface area contributed by atoms with Gasteiger partial charge in [-0.1, -0.05) is 0 Å². The molecule has 2 aromatic heterocycles. The molecular weight excluding hydrogens is 410 g/mol. The number of hydrogen-bond acceptors (Lipinski definition) is 5. The van der Waals surface area contributed by atoms with Crippen LogP contribution in [0.1, 0.15) is 46.3 Å². The van der Waals surface area contributed by atoms with Crippen LogP contribution in [0.3, 0.4) is 0 Å². The number of carbonyl (C=O) groups excluding carboxylic acids is 2. The first kappa shape index (κ1) is 21.5. The number of alkyl halides is 4. The van der Waals surface area contributed by atoms with Crippen LogP contribution in [0.15, 0.2) is 18.3 Å². The number of nitrogens with one attached hydrogen (secondary N) is 1. The number of halogens is 4. The third-order valence-electron chi connectivity index (χ3n) is 4.51. The van der Waals surface area contributed by atoms with Crippen LogP contribution in [0.2, 0.25) is 0 Å². The standard InChI is InChI=1S/C18H19F4N5O3/c1-9-13(15(29)25-11-3-4-24-12(5-11)14(23)28)27(8-10-6-18(21,22)7-10)26-16(9)30-17(2,19)20/h3-5,10H,6-8H2,1-2H3,(H2,23,28)(H,24,25,29). The molecule has 1 saturated carbocycles. The number of nitrogens with zero attached hydrogens (tertiary/aromatic N) is 3. The average Bonchev–Trinajstić information content (AvgIpc) is 2.87. The van der Waals surface area contributed by atoms with E-state index in [1.54, 1.807) is 0 Å². The van der Waals surface area contributed by atoms with E-state index in [-0.39, 0.29) is 42.0 Å². The molecule has 0 spiro atoms. The molecule has 0 unspecified atom stereocenters. The Morgan fingerprint density at radius 3 is 2.63 bits per heavy atom. The van der Waals surface area contributed by atoms with E-state index in [4.69, 9.17) is 5.73 Å². The van der Waals surface area contributed by atoms with Crippen LogP contribution >= 0.6 is 0 Å². The molecule has 0 bridgehead atoms. The highest BCUT2D eigenvalue weighted by Gasteiger charge is 2.45. The molecule has 12 heteroatoms. The van der Waals surface area contributed by atoms with Gasteiger partial charge in [0.05, 0.1) is 0 Å². The maximum Gasteiger partial charge on any atom is 0.396 e. The second-order valence-corrected chi connectivity index (χ2v) is 7.25. The van der Waals surface area contributed by atoms with Crippen LogP contribution in [0.25, 0.3) is 0 Å². The van der Waals surface area contributed by atoms with E-state index in [0.29, 0.717) is 6.92 Å². The van der Waals surface area contributed by atoms with Gasteiger partial charge < -0.3 is 15.8 Å². The lowest BCUT2D eigenvalue weighted by atomic mass is 9.81. The molecule has 162 valence electrons. The van der Waals surface area contributed by atoms with Crippen molar-refractivity contribution < 1.29 is 31.9 Å². The van der Waals surface area contributed by atoms with Crippen molar-refractivity contribution in [3.8, 4) is 5.88 Å². The monoisotopic (exact) mass is 429 g/mol. The Morgan fingerprint density at radius 2 is 2.07 bits per heavy atom. The summed E-state index contributed by atoms with van der Waals surface area (Å²) in [5.74, 6) is -5.29. The second kappa shape index (κ2) is 7.58. The maximum atomic E-state index is 13.3. The summed E-state index contributed by atoms with van der Waals surface area (Å²) in [4.78, 5) is 27.8. The van der Waals surface area contributed by atoms with Gasteiger partial charge in [-0.25, -0.2) is 8.78 Å². The van der Waals surface area contributed by atoms with Gasteiger partial charge in [0.2, 0.25) is 11.8 Å². The van der Waals surface area contributed by atoms with Gasteiger partial charge in [-0.3, -0.25) is 19.3 Å². The van der Waals surface area contributed by atoms with Gasteiger partial charge in [-0.05, 0) is 25.0 Å². The summed E-state index contributed by atoms with van der Waals surface area (Å²) in [6, 6.07) is 2.63.